The number of halogens is 1. The highest BCUT2D eigenvalue weighted by atomic mass is 19.0. The van der Waals surface area contributed by atoms with Gasteiger partial charge in [-0.3, -0.25) is 4.70 Å². The Hall–Kier alpha value is -0.570. The van der Waals surface area contributed by atoms with Crippen molar-refractivity contribution in [3.05, 3.63) is 12.8 Å². The molecule has 0 N–H and O–H groups in total. The van der Waals surface area contributed by atoms with Crippen molar-refractivity contribution < 1.29 is 14.5 Å². The first kappa shape index (κ1) is 9.06. The average molecular weight is 94.1 g/mol. The third-order valence-electron chi connectivity index (χ3n) is 0.164. The lowest BCUT2D eigenvalue weighted by Crippen LogP contribution is -1.71. The zero-order valence-corrected chi connectivity index (χ0v) is 3.51. The Kier molecular flexibility index (Phi) is 13.3. The Morgan fingerprint density at radius 1 is 1.67 bits per heavy atom. The maximum Gasteiger partial charge on any atom is 0.122 e. The molecule has 6 heavy (non-hydrogen) atoms. The van der Waals surface area contributed by atoms with Gasteiger partial charge in [0.05, 0.1) is 7.11 Å². The van der Waals surface area contributed by atoms with Crippen molar-refractivity contribution >= 4 is 0 Å². The molecule has 0 spiro atoms. The van der Waals surface area contributed by atoms with Crippen LogP contribution in [-0.4, -0.2) is 7.11 Å². The summed E-state index contributed by atoms with van der Waals surface area (Å²) in [4.78, 5) is 8.17. The van der Waals surface area contributed by atoms with Crippen molar-refractivity contribution in [3.8, 4) is 0 Å². The molecule has 0 aromatic heterocycles. The molecular formula is C3H7FO2. The summed E-state index contributed by atoms with van der Waals surface area (Å²) in [6, 6.07) is 0. The number of hydrogen-bond acceptors (Lipinski definition) is 2. The van der Waals surface area contributed by atoms with E-state index < -0.39 is 0 Å². The van der Waals surface area contributed by atoms with Crippen molar-refractivity contribution in [2.45, 2.75) is 0 Å². The molecule has 0 saturated carbocycles. The molecule has 0 rings (SSSR count). The van der Waals surface area contributed by atoms with Crippen molar-refractivity contribution in [3.63, 3.8) is 0 Å². The molecule has 38 valence electrons. The van der Waals surface area contributed by atoms with Gasteiger partial charge >= 0.3 is 0 Å². The summed E-state index contributed by atoms with van der Waals surface area (Å²) in [6.07, 6.45) is 1.21. The molecule has 0 aromatic rings. The molecule has 0 aliphatic carbocycles. The van der Waals surface area contributed by atoms with Gasteiger partial charge in [-0.05, 0) is 0 Å². The monoisotopic (exact) mass is 94.0 g/mol. The fraction of sp³-hybridized carbons (Fsp3) is 0.333. The van der Waals surface area contributed by atoms with Crippen LogP contribution in [0.1, 0.15) is 0 Å². The van der Waals surface area contributed by atoms with Crippen LogP contribution >= 0.6 is 0 Å². The second-order valence-electron chi connectivity index (χ2n) is 0.430. The number of rotatable bonds is 2. The summed E-state index contributed by atoms with van der Waals surface area (Å²) in [6.45, 7) is 3.20. The van der Waals surface area contributed by atoms with E-state index in [1.165, 1.54) is 13.4 Å². The normalized spacial score (nSPS) is 5.50. The second-order valence-corrected chi connectivity index (χ2v) is 0.430. The fourth-order valence-corrected chi connectivity index (χ4v) is 0.0680. The summed E-state index contributed by atoms with van der Waals surface area (Å²) >= 11 is 0. The van der Waals surface area contributed by atoms with Crippen LogP contribution in [0.4, 0.5) is 4.70 Å². The van der Waals surface area contributed by atoms with E-state index in [9.17, 15) is 0 Å². The first-order chi connectivity index (χ1) is 2.41. The van der Waals surface area contributed by atoms with E-state index in [-0.39, 0.29) is 4.70 Å². The molecule has 0 unspecified atom stereocenters. The summed E-state index contributed by atoms with van der Waals surface area (Å²) in [7, 11) is 1.42. The minimum Gasteiger partial charge on any atom is -0.346 e. The Bertz CT molecular complexity index is 30.0. The predicted molar refractivity (Wildman–Crippen MR) is 20.8 cm³/mol. The van der Waals surface area contributed by atoms with E-state index >= 15 is 0 Å². The summed E-state index contributed by atoms with van der Waals surface area (Å²) < 4.78 is 0. The predicted octanol–water partition coefficient (Wildman–Crippen LogP) is 0.860. The molecule has 3 heteroatoms. The molecule has 0 radical (unpaired) electrons. The van der Waals surface area contributed by atoms with E-state index in [0.717, 1.165) is 0 Å². The lowest BCUT2D eigenvalue weighted by Gasteiger charge is -1.83. The summed E-state index contributed by atoms with van der Waals surface area (Å²) in [5, 5.41) is 0. The minimum atomic E-state index is 0. The molecule has 0 aliphatic rings. The molecule has 0 bridgehead atoms. The molecule has 2 nitrogen and oxygen atoms in total. The van der Waals surface area contributed by atoms with Gasteiger partial charge in [-0.25, -0.2) is 0 Å². The van der Waals surface area contributed by atoms with E-state index in [4.69, 9.17) is 0 Å². The van der Waals surface area contributed by atoms with Crippen LogP contribution in [0, 0.1) is 0 Å². The van der Waals surface area contributed by atoms with Crippen LogP contribution < -0.4 is 0 Å². The molecule has 0 saturated heterocycles. The van der Waals surface area contributed by atoms with Gasteiger partial charge in [0, 0.05) is 0 Å². The molecule has 0 heterocycles. The van der Waals surface area contributed by atoms with Gasteiger partial charge in [0.25, 0.3) is 0 Å². The van der Waals surface area contributed by atoms with Gasteiger partial charge < -0.3 is 4.89 Å². The Morgan fingerprint density at radius 3 is 2.17 bits per heavy atom. The SMILES string of the molecule is C=COOC.F. The van der Waals surface area contributed by atoms with Gasteiger partial charge in [0.15, 0.2) is 0 Å². The van der Waals surface area contributed by atoms with E-state index in [2.05, 4.69) is 16.4 Å². The minimum absolute atomic E-state index is 0. The Labute approximate surface area is 35.7 Å². The molecule has 0 fully saturated rings. The van der Waals surface area contributed by atoms with Gasteiger partial charge in [-0.2, -0.15) is 4.89 Å². The highest BCUT2D eigenvalue weighted by Gasteiger charge is 1.53. The molecular weight excluding hydrogens is 87.0 g/mol. The zero-order chi connectivity index (χ0) is 4.12. The smallest absolute Gasteiger partial charge is 0.122 e. The largest absolute Gasteiger partial charge is 0.346 e. The van der Waals surface area contributed by atoms with Crippen molar-refractivity contribution in [2.24, 2.45) is 0 Å². The van der Waals surface area contributed by atoms with Crippen LogP contribution in [0.3, 0.4) is 0 Å². The van der Waals surface area contributed by atoms with Crippen molar-refractivity contribution in [2.75, 3.05) is 7.11 Å². The van der Waals surface area contributed by atoms with Gasteiger partial charge in [-0.1, -0.05) is 6.58 Å². The third-order valence-corrected chi connectivity index (χ3v) is 0.164. The van der Waals surface area contributed by atoms with E-state index in [1.54, 1.807) is 0 Å². The van der Waals surface area contributed by atoms with Gasteiger partial charge in [-0.15, -0.1) is 0 Å². The summed E-state index contributed by atoms with van der Waals surface area (Å²) in [5.74, 6) is 0. The van der Waals surface area contributed by atoms with Crippen LogP contribution in [0.15, 0.2) is 12.8 Å². The van der Waals surface area contributed by atoms with Gasteiger partial charge in [0.2, 0.25) is 0 Å². The highest BCUT2D eigenvalue weighted by molar-refractivity contribution is 4.41. The first-order valence-electron chi connectivity index (χ1n) is 1.22. The Morgan fingerprint density at radius 2 is 2.17 bits per heavy atom. The third kappa shape index (κ3) is 9.90. The van der Waals surface area contributed by atoms with Crippen LogP contribution in [0.2, 0.25) is 0 Å². The van der Waals surface area contributed by atoms with E-state index in [1.807, 2.05) is 0 Å². The standard InChI is InChI=1S/C3H6O2.FH/c1-3-5-4-2;/h3H,1H2,2H3;1H. The maximum absolute atomic E-state index is 4.10. The van der Waals surface area contributed by atoms with Crippen molar-refractivity contribution in [1.29, 1.82) is 0 Å². The molecule has 0 aliphatic heterocycles. The molecule has 0 atom stereocenters. The number of hydrogen-bond donors (Lipinski definition) is 0. The van der Waals surface area contributed by atoms with Crippen LogP contribution in [-0.2, 0) is 9.78 Å². The average Bonchev–Trinajstić information content (AvgIpc) is 1.41. The first-order valence-corrected chi connectivity index (χ1v) is 1.22. The second kappa shape index (κ2) is 8.83. The Balaban J connectivity index is 0. The fourth-order valence-electron chi connectivity index (χ4n) is 0.0680. The van der Waals surface area contributed by atoms with E-state index in [0.29, 0.717) is 0 Å². The molecule has 0 aromatic carbocycles. The molecule has 0 amide bonds. The van der Waals surface area contributed by atoms with Crippen LogP contribution in [0.25, 0.3) is 0 Å². The van der Waals surface area contributed by atoms with Crippen LogP contribution in [0.5, 0.6) is 0 Å². The van der Waals surface area contributed by atoms with Crippen molar-refractivity contribution in [1.82, 2.24) is 0 Å². The quantitative estimate of drug-likeness (QED) is 0.287. The lowest BCUT2D eigenvalue weighted by atomic mass is 11.2. The summed E-state index contributed by atoms with van der Waals surface area (Å²) in [5.41, 5.74) is 0. The van der Waals surface area contributed by atoms with Gasteiger partial charge in [0.1, 0.15) is 6.26 Å². The lowest BCUT2D eigenvalue weighted by molar-refractivity contribution is -0.222. The topological polar surface area (TPSA) is 18.5 Å². The zero-order valence-electron chi connectivity index (χ0n) is 3.51. The highest BCUT2D eigenvalue weighted by Crippen LogP contribution is 1.65. The maximum atomic E-state index is 4.10.